The predicted octanol–water partition coefficient (Wildman–Crippen LogP) is 1.75. The van der Waals surface area contributed by atoms with Gasteiger partial charge in [0.15, 0.2) is 21.2 Å². The maximum atomic E-state index is 11.8. The van der Waals surface area contributed by atoms with E-state index < -0.39 is 21.2 Å². The first-order valence-electron chi connectivity index (χ1n) is 5.00. The zero-order valence-corrected chi connectivity index (χ0v) is 10.1. The van der Waals surface area contributed by atoms with Crippen LogP contribution in [0.2, 0.25) is 5.02 Å². The molecule has 0 spiro atoms. The van der Waals surface area contributed by atoms with Crippen molar-refractivity contribution in [1.29, 1.82) is 0 Å². The summed E-state index contributed by atoms with van der Waals surface area (Å²) in [6.45, 7) is 0. The van der Waals surface area contributed by atoms with E-state index in [0.29, 0.717) is 16.3 Å². The highest BCUT2D eigenvalue weighted by Gasteiger charge is 2.46. The fourth-order valence-electron chi connectivity index (χ4n) is 2.00. The van der Waals surface area contributed by atoms with Gasteiger partial charge in [0.05, 0.1) is 0 Å². The number of oxime groups is 1. The third kappa shape index (κ3) is 1.66. The molecular weight excluding hydrogens is 262 g/mol. The highest BCUT2D eigenvalue weighted by Crippen LogP contribution is 2.30. The lowest BCUT2D eigenvalue weighted by molar-refractivity contribution is 0.123. The monoisotopic (exact) mass is 269 g/mol. The Balaban J connectivity index is 2.06. The van der Waals surface area contributed by atoms with Crippen molar-refractivity contribution >= 4 is 27.1 Å². The first kappa shape index (κ1) is 10.8. The van der Waals surface area contributed by atoms with E-state index in [1.807, 2.05) is 0 Å². The van der Waals surface area contributed by atoms with Crippen LogP contribution in [0.25, 0.3) is 0 Å². The van der Waals surface area contributed by atoms with Crippen LogP contribution in [0.3, 0.4) is 0 Å². The molecule has 0 fully saturated rings. The Kier molecular flexibility index (Phi) is 2.27. The van der Waals surface area contributed by atoms with E-state index in [9.17, 15) is 8.42 Å². The number of fused-ring (bicyclic) bond motifs is 1. The van der Waals surface area contributed by atoms with Crippen LogP contribution >= 0.6 is 11.6 Å². The summed E-state index contributed by atoms with van der Waals surface area (Å²) in [6, 6.07) is 6.92. The minimum absolute atomic E-state index is 0.419. The molecule has 2 heterocycles. The van der Waals surface area contributed by atoms with Crippen molar-refractivity contribution in [3.8, 4) is 0 Å². The Bertz CT molecular complexity index is 636. The minimum Gasteiger partial charge on any atom is -0.386 e. The average Bonchev–Trinajstić information content (AvgIpc) is 2.81. The van der Waals surface area contributed by atoms with Gasteiger partial charge < -0.3 is 4.84 Å². The molecule has 88 valence electrons. The molecule has 0 bridgehead atoms. The van der Waals surface area contributed by atoms with Crippen LogP contribution in [-0.4, -0.2) is 25.5 Å². The van der Waals surface area contributed by atoms with Crippen molar-refractivity contribution in [1.82, 2.24) is 0 Å². The molecule has 2 aliphatic rings. The minimum atomic E-state index is -3.31. The zero-order valence-electron chi connectivity index (χ0n) is 8.58. The molecule has 3 rings (SSSR count). The fraction of sp³-hybridized carbons (Fsp3) is 0.182. The molecule has 1 aromatic rings. The van der Waals surface area contributed by atoms with Crippen molar-refractivity contribution < 1.29 is 13.3 Å². The van der Waals surface area contributed by atoms with E-state index in [2.05, 4.69) is 5.16 Å². The molecule has 2 aliphatic heterocycles. The summed E-state index contributed by atoms with van der Waals surface area (Å²) in [5.41, 5.74) is 1.10. The van der Waals surface area contributed by atoms with Gasteiger partial charge in [-0.3, -0.25) is 0 Å². The average molecular weight is 270 g/mol. The van der Waals surface area contributed by atoms with Crippen LogP contribution in [0.15, 0.2) is 40.9 Å². The van der Waals surface area contributed by atoms with Gasteiger partial charge in [-0.25, -0.2) is 8.42 Å². The molecule has 4 nitrogen and oxygen atoms in total. The number of sulfone groups is 1. The van der Waals surface area contributed by atoms with Gasteiger partial charge in [0.2, 0.25) is 0 Å². The maximum Gasteiger partial charge on any atom is 0.184 e. The van der Waals surface area contributed by atoms with Crippen molar-refractivity contribution in [3.05, 3.63) is 46.3 Å². The van der Waals surface area contributed by atoms with Gasteiger partial charge in [-0.2, -0.15) is 0 Å². The summed E-state index contributed by atoms with van der Waals surface area (Å²) < 4.78 is 23.7. The molecule has 0 aliphatic carbocycles. The third-order valence-electron chi connectivity index (χ3n) is 2.77. The van der Waals surface area contributed by atoms with E-state index in [-0.39, 0.29) is 0 Å². The van der Waals surface area contributed by atoms with Gasteiger partial charge in [0.1, 0.15) is 5.71 Å². The fourth-order valence-corrected chi connectivity index (χ4v) is 3.73. The van der Waals surface area contributed by atoms with Crippen LogP contribution in [0.1, 0.15) is 5.56 Å². The second-order valence-electron chi connectivity index (χ2n) is 3.90. The number of benzene rings is 1. The molecule has 0 amide bonds. The van der Waals surface area contributed by atoms with Crippen molar-refractivity contribution in [2.45, 2.75) is 11.4 Å². The van der Waals surface area contributed by atoms with E-state index >= 15 is 0 Å². The lowest BCUT2D eigenvalue weighted by Gasteiger charge is -2.09. The molecular formula is C11H8ClNO3S. The topological polar surface area (TPSA) is 55.7 Å². The summed E-state index contributed by atoms with van der Waals surface area (Å²) >= 11 is 5.88. The molecule has 0 saturated carbocycles. The maximum absolute atomic E-state index is 11.8. The number of hydrogen-bond acceptors (Lipinski definition) is 4. The van der Waals surface area contributed by atoms with E-state index in [1.165, 1.54) is 11.5 Å². The van der Waals surface area contributed by atoms with Gasteiger partial charge in [-0.1, -0.05) is 28.9 Å². The SMILES string of the molecule is O=S1(=O)C=CC2ON=C(c3cccc(Cl)c3)C21. The zero-order chi connectivity index (χ0) is 12.0. The number of rotatable bonds is 1. The molecule has 2 atom stereocenters. The Hall–Kier alpha value is -1.33. The van der Waals surface area contributed by atoms with Crippen molar-refractivity contribution in [3.63, 3.8) is 0 Å². The molecule has 17 heavy (non-hydrogen) atoms. The van der Waals surface area contributed by atoms with E-state index in [0.717, 1.165) is 0 Å². The van der Waals surface area contributed by atoms with Gasteiger partial charge >= 0.3 is 0 Å². The molecule has 0 saturated heterocycles. The van der Waals surface area contributed by atoms with E-state index in [1.54, 1.807) is 24.3 Å². The quantitative estimate of drug-likeness (QED) is 0.780. The number of hydrogen-bond donors (Lipinski definition) is 0. The Morgan fingerprint density at radius 1 is 1.35 bits per heavy atom. The predicted molar refractivity (Wildman–Crippen MR) is 64.7 cm³/mol. The highest BCUT2D eigenvalue weighted by atomic mass is 35.5. The molecule has 0 radical (unpaired) electrons. The largest absolute Gasteiger partial charge is 0.386 e. The molecule has 6 heteroatoms. The molecule has 2 unspecified atom stereocenters. The van der Waals surface area contributed by atoms with Crippen LogP contribution in [0, 0.1) is 0 Å². The van der Waals surface area contributed by atoms with Crippen molar-refractivity contribution in [2.75, 3.05) is 0 Å². The highest BCUT2D eigenvalue weighted by molar-refractivity contribution is 7.96. The lowest BCUT2D eigenvalue weighted by Crippen LogP contribution is -2.31. The Labute approximate surface area is 103 Å². The second kappa shape index (κ2) is 3.58. The van der Waals surface area contributed by atoms with Crippen LogP contribution in [-0.2, 0) is 14.7 Å². The first-order chi connectivity index (χ1) is 8.08. The van der Waals surface area contributed by atoms with Crippen molar-refractivity contribution in [2.24, 2.45) is 5.16 Å². The standard InChI is InChI=1S/C11H8ClNO3S/c12-8-3-1-2-7(6-8)10-11-9(16-13-10)4-5-17(11,14)15/h1-6,9,11H. The summed E-state index contributed by atoms with van der Waals surface area (Å²) in [5.74, 6) is 0. The third-order valence-corrected chi connectivity index (χ3v) is 4.74. The summed E-state index contributed by atoms with van der Waals surface area (Å²) in [6.07, 6.45) is 1.01. The number of nitrogens with zero attached hydrogens (tertiary/aromatic N) is 1. The van der Waals surface area contributed by atoms with Gasteiger partial charge in [0, 0.05) is 16.0 Å². The van der Waals surface area contributed by atoms with Gasteiger partial charge in [0.25, 0.3) is 0 Å². The van der Waals surface area contributed by atoms with E-state index in [4.69, 9.17) is 16.4 Å². The van der Waals surface area contributed by atoms with Crippen LogP contribution < -0.4 is 0 Å². The summed E-state index contributed by atoms with van der Waals surface area (Å²) in [7, 11) is -3.31. The first-order valence-corrected chi connectivity index (χ1v) is 6.98. The Morgan fingerprint density at radius 2 is 2.18 bits per heavy atom. The summed E-state index contributed by atoms with van der Waals surface area (Å²) in [4.78, 5) is 5.10. The smallest absolute Gasteiger partial charge is 0.184 e. The summed E-state index contributed by atoms with van der Waals surface area (Å²) in [5, 5.41) is 4.84. The number of halogens is 1. The van der Waals surface area contributed by atoms with Crippen LogP contribution in [0.5, 0.6) is 0 Å². The van der Waals surface area contributed by atoms with Gasteiger partial charge in [-0.15, -0.1) is 0 Å². The molecule has 1 aromatic carbocycles. The van der Waals surface area contributed by atoms with Crippen LogP contribution in [0.4, 0.5) is 0 Å². The normalized spacial score (nSPS) is 28.6. The Morgan fingerprint density at radius 3 is 2.94 bits per heavy atom. The van der Waals surface area contributed by atoms with Gasteiger partial charge in [-0.05, 0) is 18.2 Å². The second-order valence-corrected chi connectivity index (χ2v) is 6.29. The molecule has 0 aromatic heterocycles. The lowest BCUT2D eigenvalue weighted by atomic mass is 10.0. The molecule has 0 N–H and O–H groups in total.